The van der Waals surface area contributed by atoms with E-state index in [1.807, 2.05) is 0 Å². The van der Waals surface area contributed by atoms with Crippen molar-refractivity contribution < 1.29 is 19.5 Å². The fourth-order valence-electron chi connectivity index (χ4n) is 1.78. The smallest absolute Gasteiger partial charge is 0.308 e. The van der Waals surface area contributed by atoms with E-state index in [1.54, 1.807) is 44.2 Å². The summed E-state index contributed by atoms with van der Waals surface area (Å²) in [6.45, 7) is 3.70. The van der Waals surface area contributed by atoms with Crippen molar-refractivity contribution in [2.24, 2.45) is 5.92 Å². The summed E-state index contributed by atoms with van der Waals surface area (Å²) >= 11 is 0. The standard InChI is InChI=1S/C15H20N2O4/c1-3-17(10-11(2)15(20)21)13(18)9-16-14(19)12-7-5-4-6-8-12/h4-8,11H,3,9-10H2,1-2H3,(H,16,19)(H,20,21). The van der Waals surface area contributed by atoms with Crippen LogP contribution in [0.1, 0.15) is 24.2 Å². The molecule has 1 rings (SSSR count). The van der Waals surface area contributed by atoms with Crippen molar-refractivity contribution >= 4 is 17.8 Å². The number of carbonyl (C=O) groups is 3. The van der Waals surface area contributed by atoms with Gasteiger partial charge in [0.15, 0.2) is 0 Å². The van der Waals surface area contributed by atoms with Crippen molar-refractivity contribution in [1.29, 1.82) is 0 Å². The Morgan fingerprint density at radius 2 is 1.86 bits per heavy atom. The minimum Gasteiger partial charge on any atom is -0.481 e. The highest BCUT2D eigenvalue weighted by atomic mass is 16.4. The third-order valence-electron chi connectivity index (χ3n) is 3.09. The Hall–Kier alpha value is -2.37. The number of hydrogen-bond acceptors (Lipinski definition) is 3. The molecule has 6 nitrogen and oxygen atoms in total. The molecule has 0 saturated heterocycles. The summed E-state index contributed by atoms with van der Waals surface area (Å²) in [6, 6.07) is 8.59. The van der Waals surface area contributed by atoms with E-state index in [4.69, 9.17) is 5.11 Å². The van der Waals surface area contributed by atoms with Gasteiger partial charge in [0, 0.05) is 18.7 Å². The van der Waals surface area contributed by atoms with Gasteiger partial charge in [0.05, 0.1) is 12.5 Å². The van der Waals surface area contributed by atoms with Gasteiger partial charge in [-0.1, -0.05) is 25.1 Å². The van der Waals surface area contributed by atoms with Gasteiger partial charge in [-0.2, -0.15) is 0 Å². The SMILES string of the molecule is CCN(CC(C)C(=O)O)C(=O)CNC(=O)c1ccccc1. The van der Waals surface area contributed by atoms with E-state index < -0.39 is 11.9 Å². The van der Waals surface area contributed by atoms with Gasteiger partial charge in [-0.05, 0) is 19.1 Å². The highest BCUT2D eigenvalue weighted by Gasteiger charge is 2.19. The number of carboxylic acids is 1. The molecule has 0 radical (unpaired) electrons. The Bertz CT molecular complexity index is 502. The summed E-state index contributed by atoms with van der Waals surface area (Å²) in [5, 5.41) is 11.4. The third kappa shape index (κ3) is 5.25. The number of likely N-dealkylation sites (N-methyl/N-ethyl adjacent to an activating group) is 1. The van der Waals surface area contributed by atoms with Crippen LogP contribution >= 0.6 is 0 Å². The van der Waals surface area contributed by atoms with Crippen LogP contribution < -0.4 is 5.32 Å². The molecule has 0 aliphatic rings. The van der Waals surface area contributed by atoms with Crippen molar-refractivity contribution in [1.82, 2.24) is 10.2 Å². The number of hydrogen-bond donors (Lipinski definition) is 2. The second kappa shape index (κ2) is 8.04. The Morgan fingerprint density at radius 1 is 1.24 bits per heavy atom. The lowest BCUT2D eigenvalue weighted by Crippen LogP contribution is -2.43. The number of nitrogens with one attached hydrogen (secondary N) is 1. The molecule has 1 atom stereocenters. The molecule has 2 amide bonds. The zero-order valence-electron chi connectivity index (χ0n) is 12.2. The topological polar surface area (TPSA) is 86.7 Å². The lowest BCUT2D eigenvalue weighted by atomic mass is 10.1. The van der Waals surface area contributed by atoms with E-state index in [0.717, 1.165) is 0 Å². The molecule has 0 fully saturated rings. The normalized spacial score (nSPS) is 11.5. The molecule has 0 bridgehead atoms. The average molecular weight is 292 g/mol. The molecule has 21 heavy (non-hydrogen) atoms. The second-order valence-electron chi connectivity index (χ2n) is 4.72. The van der Waals surface area contributed by atoms with Crippen molar-refractivity contribution in [3.8, 4) is 0 Å². The van der Waals surface area contributed by atoms with E-state index in [0.29, 0.717) is 12.1 Å². The summed E-state index contributed by atoms with van der Waals surface area (Å²) in [7, 11) is 0. The Balaban J connectivity index is 2.51. The maximum absolute atomic E-state index is 12.0. The number of amides is 2. The predicted octanol–water partition coefficient (Wildman–Crippen LogP) is 0.986. The first kappa shape index (κ1) is 16.7. The van der Waals surface area contributed by atoms with Crippen LogP contribution in [0, 0.1) is 5.92 Å². The summed E-state index contributed by atoms with van der Waals surface area (Å²) in [4.78, 5) is 36.0. The van der Waals surface area contributed by atoms with Gasteiger partial charge in [-0.3, -0.25) is 14.4 Å². The maximum Gasteiger partial charge on any atom is 0.308 e. The van der Waals surface area contributed by atoms with Crippen LogP contribution in [0.2, 0.25) is 0 Å². The molecule has 1 unspecified atom stereocenters. The maximum atomic E-state index is 12.0. The average Bonchev–Trinajstić information content (AvgIpc) is 2.50. The molecule has 0 saturated carbocycles. The fourth-order valence-corrected chi connectivity index (χ4v) is 1.78. The Morgan fingerprint density at radius 3 is 2.38 bits per heavy atom. The number of rotatable bonds is 7. The molecule has 0 spiro atoms. The van der Waals surface area contributed by atoms with Crippen LogP contribution in [-0.2, 0) is 9.59 Å². The molecule has 0 heterocycles. The van der Waals surface area contributed by atoms with Crippen molar-refractivity contribution in [3.05, 3.63) is 35.9 Å². The second-order valence-corrected chi connectivity index (χ2v) is 4.72. The molecule has 0 aliphatic carbocycles. The zero-order valence-corrected chi connectivity index (χ0v) is 12.2. The molecule has 0 aliphatic heterocycles. The molecule has 2 N–H and O–H groups in total. The number of carbonyl (C=O) groups excluding carboxylic acids is 2. The van der Waals surface area contributed by atoms with Gasteiger partial charge in [0.1, 0.15) is 0 Å². The minimum atomic E-state index is -0.949. The Kier molecular flexibility index (Phi) is 6.39. The van der Waals surface area contributed by atoms with Gasteiger partial charge < -0.3 is 15.3 Å². The summed E-state index contributed by atoms with van der Waals surface area (Å²) in [6.07, 6.45) is 0. The molecule has 0 aromatic heterocycles. The molecular weight excluding hydrogens is 272 g/mol. The fraction of sp³-hybridized carbons (Fsp3) is 0.400. The molecule has 1 aromatic rings. The summed E-state index contributed by atoms with van der Waals surface area (Å²) in [5.41, 5.74) is 0.479. The number of aliphatic carboxylic acids is 1. The number of nitrogens with zero attached hydrogens (tertiary/aromatic N) is 1. The van der Waals surface area contributed by atoms with Gasteiger partial charge in [-0.15, -0.1) is 0 Å². The van der Waals surface area contributed by atoms with Crippen LogP contribution in [0.5, 0.6) is 0 Å². The zero-order chi connectivity index (χ0) is 15.8. The molecule has 6 heteroatoms. The quantitative estimate of drug-likeness (QED) is 0.784. The largest absolute Gasteiger partial charge is 0.481 e. The van der Waals surface area contributed by atoms with Crippen LogP contribution in [0.4, 0.5) is 0 Å². The lowest BCUT2D eigenvalue weighted by molar-refractivity contribution is -0.142. The first-order chi connectivity index (χ1) is 9.95. The van der Waals surface area contributed by atoms with Gasteiger partial charge in [0.2, 0.25) is 5.91 Å². The molecular formula is C15H20N2O4. The van der Waals surface area contributed by atoms with Crippen LogP contribution in [0.15, 0.2) is 30.3 Å². The van der Waals surface area contributed by atoms with Crippen LogP contribution in [0.3, 0.4) is 0 Å². The third-order valence-corrected chi connectivity index (χ3v) is 3.09. The number of carboxylic acid groups (broad SMARTS) is 1. The highest BCUT2D eigenvalue weighted by molar-refractivity contribution is 5.96. The van der Waals surface area contributed by atoms with E-state index in [-0.39, 0.29) is 24.9 Å². The first-order valence-electron chi connectivity index (χ1n) is 6.79. The van der Waals surface area contributed by atoms with E-state index in [1.165, 1.54) is 4.90 Å². The van der Waals surface area contributed by atoms with E-state index in [9.17, 15) is 14.4 Å². The van der Waals surface area contributed by atoms with Crippen LogP contribution in [-0.4, -0.2) is 47.4 Å². The van der Waals surface area contributed by atoms with Crippen molar-refractivity contribution in [2.75, 3.05) is 19.6 Å². The predicted molar refractivity (Wildman–Crippen MR) is 77.8 cm³/mol. The summed E-state index contributed by atoms with van der Waals surface area (Å²) in [5.74, 6) is -2.21. The van der Waals surface area contributed by atoms with Crippen LogP contribution in [0.25, 0.3) is 0 Å². The van der Waals surface area contributed by atoms with Gasteiger partial charge >= 0.3 is 5.97 Å². The van der Waals surface area contributed by atoms with Crippen molar-refractivity contribution in [2.45, 2.75) is 13.8 Å². The minimum absolute atomic E-state index is 0.131. The number of benzene rings is 1. The van der Waals surface area contributed by atoms with Gasteiger partial charge in [0.25, 0.3) is 5.91 Å². The highest BCUT2D eigenvalue weighted by Crippen LogP contribution is 2.01. The summed E-state index contributed by atoms with van der Waals surface area (Å²) < 4.78 is 0. The van der Waals surface area contributed by atoms with Crippen molar-refractivity contribution in [3.63, 3.8) is 0 Å². The Labute approximate surface area is 123 Å². The monoisotopic (exact) mass is 292 g/mol. The molecule has 114 valence electrons. The lowest BCUT2D eigenvalue weighted by Gasteiger charge is -2.23. The first-order valence-corrected chi connectivity index (χ1v) is 6.79. The molecule has 1 aromatic carbocycles. The van der Waals surface area contributed by atoms with Gasteiger partial charge in [-0.25, -0.2) is 0 Å². The van der Waals surface area contributed by atoms with E-state index in [2.05, 4.69) is 5.32 Å². The van der Waals surface area contributed by atoms with E-state index >= 15 is 0 Å².